The summed E-state index contributed by atoms with van der Waals surface area (Å²) in [4.78, 5) is 11.2. The molecule has 3 N–H and O–H groups in total. The maximum absolute atomic E-state index is 11.2. The Bertz CT molecular complexity index is 694. The highest BCUT2D eigenvalue weighted by atomic mass is 16.2. The number of benzene rings is 1. The van der Waals surface area contributed by atoms with E-state index in [0.717, 1.165) is 11.3 Å². The number of carbonyl (C=O) groups is 1. The second-order valence-corrected chi connectivity index (χ2v) is 4.83. The molecule has 1 aliphatic rings. The van der Waals surface area contributed by atoms with Crippen molar-refractivity contribution in [1.82, 2.24) is 5.43 Å². The molecular weight excluding hydrogens is 308 g/mol. The van der Waals surface area contributed by atoms with Crippen molar-refractivity contribution in [3.63, 3.8) is 0 Å². The van der Waals surface area contributed by atoms with Gasteiger partial charge in [-0.1, -0.05) is 19.1 Å². The van der Waals surface area contributed by atoms with Crippen molar-refractivity contribution in [2.24, 2.45) is 16.1 Å². The largest absolute Gasteiger partial charge is 0.397 e. The molecule has 1 aliphatic heterocycles. The van der Waals surface area contributed by atoms with Crippen molar-refractivity contribution < 1.29 is 9.90 Å². The van der Waals surface area contributed by atoms with Crippen LogP contribution in [-0.2, 0) is 4.79 Å². The van der Waals surface area contributed by atoms with Gasteiger partial charge in [-0.05, 0) is 24.6 Å². The molecule has 0 unspecified atom stereocenters. The molecule has 0 aliphatic carbocycles. The summed E-state index contributed by atoms with van der Waals surface area (Å²) in [6.45, 7) is 3.88. The lowest BCUT2D eigenvalue weighted by Gasteiger charge is -2.19. The summed E-state index contributed by atoms with van der Waals surface area (Å²) in [7, 11) is 0. The van der Waals surface area contributed by atoms with Gasteiger partial charge in [0.05, 0.1) is 11.4 Å². The van der Waals surface area contributed by atoms with Crippen LogP contribution < -0.4 is 10.9 Å². The van der Waals surface area contributed by atoms with E-state index < -0.39 is 0 Å². The van der Waals surface area contributed by atoms with Gasteiger partial charge in [-0.15, -0.1) is 0 Å². The van der Waals surface area contributed by atoms with Crippen molar-refractivity contribution in [2.75, 3.05) is 12.0 Å². The quantitative estimate of drug-likeness (QED) is 0.569. The van der Waals surface area contributed by atoms with Crippen molar-refractivity contribution in [3.8, 4) is 12.1 Å². The highest BCUT2D eigenvalue weighted by Crippen LogP contribution is 2.18. The first-order valence-electron chi connectivity index (χ1n) is 7.27. The number of carbonyl (C=O) groups excluding carboxylic acids is 1. The first-order chi connectivity index (χ1) is 11.5. The van der Waals surface area contributed by atoms with Crippen LogP contribution in [0.5, 0.6) is 0 Å². The number of amides is 1. The molecule has 0 fully saturated rings. The van der Waals surface area contributed by atoms with Crippen LogP contribution in [0.25, 0.3) is 0 Å². The fourth-order valence-electron chi connectivity index (χ4n) is 1.91. The number of nitrogens with zero attached hydrogens (tertiary/aromatic N) is 4. The number of nitrogens with one attached hydrogen (secondary N) is 2. The minimum atomic E-state index is -0.243. The molecule has 8 nitrogen and oxygen atoms in total. The molecule has 0 saturated carbocycles. The third-order valence-corrected chi connectivity index (χ3v) is 2.95. The molecule has 124 valence electrons. The lowest BCUT2D eigenvalue weighted by Crippen LogP contribution is -2.31. The lowest BCUT2D eigenvalue weighted by molar-refractivity contribution is -0.121. The van der Waals surface area contributed by atoms with Crippen LogP contribution >= 0.6 is 0 Å². The van der Waals surface area contributed by atoms with Gasteiger partial charge in [-0.25, -0.2) is 5.43 Å². The van der Waals surface area contributed by atoms with Crippen molar-refractivity contribution in [1.29, 1.82) is 10.5 Å². The molecule has 0 spiro atoms. The highest BCUT2D eigenvalue weighted by molar-refractivity contribution is 6.10. The minimum Gasteiger partial charge on any atom is -0.397 e. The van der Waals surface area contributed by atoms with Gasteiger partial charge in [0.1, 0.15) is 12.1 Å². The van der Waals surface area contributed by atoms with Crippen LogP contribution in [0.2, 0.25) is 0 Å². The number of hydrogen-bond acceptors (Lipinski definition) is 7. The Kier molecular flexibility index (Phi) is 7.62. The number of rotatable bonds is 3. The van der Waals surface area contributed by atoms with E-state index in [9.17, 15) is 4.79 Å². The van der Waals surface area contributed by atoms with Crippen LogP contribution in [0.4, 0.5) is 5.69 Å². The fraction of sp³-hybridized carbons (Fsp3) is 0.312. The van der Waals surface area contributed by atoms with E-state index in [0.29, 0.717) is 12.1 Å². The average molecular weight is 326 g/mol. The third-order valence-electron chi connectivity index (χ3n) is 2.95. The Morgan fingerprint density at radius 1 is 1.42 bits per heavy atom. The van der Waals surface area contributed by atoms with E-state index in [-0.39, 0.29) is 24.1 Å². The van der Waals surface area contributed by atoms with Crippen LogP contribution in [0, 0.1) is 28.6 Å². The molecule has 1 aromatic rings. The monoisotopic (exact) mass is 326 g/mol. The molecule has 0 aromatic heterocycles. The van der Waals surface area contributed by atoms with Gasteiger partial charge >= 0.3 is 0 Å². The van der Waals surface area contributed by atoms with Crippen molar-refractivity contribution in [2.45, 2.75) is 20.3 Å². The molecule has 1 amide bonds. The summed E-state index contributed by atoms with van der Waals surface area (Å²) in [5.74, 6) is -0.0289. The maximum atomic E-state index is 11.2. The van der Waals surface area contributed by atoms with Gasteiger partial charge < -0.3 is 5.11 Å². The molecule has 8 heteroatoms. The normalized spacial score (nSPS) is 15.5. The van der Waals surface area contributed by atoms with Crippen LogP contribution in [-0.4, -0.2) is 29.0 Å². The molecule has 2 rings (SSSR count). The molecule has 24 heavy (non-hydrogen) atoms. The summed E-state index contributed by atoms with van der Waals surface area (Å²) in [5, 5.41) is 32.5. The van der Waals surface area contributed by atoms with Gasteiger partial charge in [-0.3, -0.25) is 10.2 Å². The Hall–Kier alpha value is -3.23. The van der Waals surface area contributed by atoms with E-state index in [2.05, 4.69) is 21.1 Å². The molecular formula is C16H18N6O2. The summed E-state index contributed by atoms with van der Waals surface area (Å²) < 4.78 is 0. The van der Waals surface area contributed by atoms with Crippen LogP contribution in [0.15, 0.2) is 34.5 Å². The zero-order chi connectivity index (χ0) is 17.9. The zero-order valence-corrected chi connectivity index (χ0v) is 13.4. The van der Waals surface area contributed by atoms with Crippen LogP contribution in [0.1, 0.15) is 25.8 Å². The van der Waals surface area contributed by atoms with Gasteiger partial charge in [0.15, 0.2) is 0 Å². The summed E-state index contributed by atoms with van der Waals surface area (Å²) in [6, 6.07) is 10.5. The van der Waals surface area contributed by atoms with E-state index in [1.54, 1.807) is 31.2 Å². The fourth-order valence-corrected chi connectivity index (χ4v) is 1.91. The Morgan fingerprint density at radius 3 is 2.50 bits per heavy atom. The van der Waals surface area contributed by atoms with E-state index >= 15 is 0 Å². The number of anilines is 1. The van der Waals surface area contributed by atoms with Gasteiger partial charge in [0.25, 0.3) is 0 Å². The van der Waals surface area contributed by atoms with E-state index in [1.807, 2.05) is 19.1 Å². The first-order valence-corrected chi connectivity index (χ1v) is 7.27. The van der Waals surface area contributed by atoms with Crippen LogP contribution in [0.3, 0.4) is 0 Å². The van der Waals surface area contributed by atoms with Gasteiger partial charge in [0, 0.05) is 18.9 Å². The number of aliphatic hydroxyl groups is 1. The molecule has 0 bridgehead atoms. The summed E-state index contributed by atoms with van der Waals surface area (Å²) in [5.41, 5.74) is 7.22. The SMILES string of the molecule is CCO.C[C@@H]1CC(=O)NN=C1c1ccc(NN=C(C#N)C#N)cc1. The number of hydrogen-bond donors (Lipinski definition) is 3. The third kappa shape index (κ3) is 5.52. The standard InChI is InChI=1S/C14H12N6O.C2H6O/c1-9-6-13(21)19-20-14(9)10-2-4-11(5-3-10)17-18-12(7-15)8-16;1-2-3/h2-5,9,17H,6H2,1H3,(H,19,21);3H,2H2,1H3/t9-;/m1./s1. The Labute approximate surface area is 140 Å². The summed E-state index contributed by atoms with van der Waals surface area (Å²) in [6.07, 6.45) is 0.414. The van der Waals surface area contributed by atoms with Crippen molar-refractivity contribution >= 4 is 23.0 Å². The maximum Gasteiger partial charge on any atom is 0.240 e. The number of hydrazone groups is 2. The predicted molar refractivity (Wildman–Crippen MR) is 89.9 cm³/mol. The second kappa shape index (κ2) is 9.72. The Balaban J connectivity index is 0.000000891. The molecule has 0 radical (unpaired) electrons. The Morgan fingerprint density at radius 2 is 2.00 bits per heavy atom. The van der Waals surface area contributed by atoms with Gasteiger partial charge in [-0.2, -0.15) is 20.7 Å². The topological polar surface area (TPSA) is 134 Å². The second-order valence-electron chi connectivity index (χ2n) is 4.83. The molecule has 1 aromatic carbocycles. The smallest absolute Gasteiger partial charge is 0.240 e. The average Bonchev–Trinajstić information content (AvgIpc) is 2.57. The highest BCUT2D eigenvalue weighted by Gasteiger charge is 2.21. The minimum absolute atomic E-state index is 0.0550. The summed E-state index contributed by atoms with van der Waals surface area (Å²) >= 11 is 0. The number of nitriles is 2. The number of aliphatic hydroxyl groups excluding tert-OH is 1. The van der Waals surface area contributed by atoms with E-state index in [1.165, 1.54) is 0 Å². The first kappa shape index (κ1) is 18.8. The molecule has 1 heterocycles. The van der Waals surface area contributed by atoms with Gasteiger partial charge in [0.2, 0.25) is 11.6 Å². The van der Waals surface area contributed by atoms with E-state index in [4.69, 9.17) is 15.6 Å². The predicted octanol–water partition coefficient (Wildman–Crippen LogP) is 1.36. The lowest BCUT2D eigenvalue weighted by atomic mass is 9.94. The molecule has 1 atom stereocenters. The zero-order valence-electron chi connectivity index (χ0n) is 13.4. The molecule has 0 saturated heterocycles. The van der Waals surface area contributed by atoms with Crippen molar-refractivity contribution in [3.05, 3.63) is 29.8 Å².